The highest BCUT2D eigenvalue weighted by Crippen LogP contribution is 2.26. The molecule has 0 spiro atoms. The summed E-state index contributed by atoms with van der Waals surface area (Å²) in [5.74, 6) is -0.151. The first kappa shape index (κ1) is 16.8. The molecular formula is C20H14Cl2N2O2. The van der Waals surface area contributed by atoms with Crippen molar-refractivity contribution in [2.24, 2.45) is 0 Å². The maximum absolute atomic E-state index is 12.3. The molecule has 0 atom stereocenters. The van der Waals surface area contributed by atoms with Crippen molar-refractivity contribution in [3.05, 3.63) is 92.5 Å². The van der Waals surface area contributed by atoms with Gasteiger partial charge in [-0.05, 0) is 34.5 Å². The third-order valence-electron chi connectivity index (χ3n) is 4.24. The summed E-state index contributed by atoms with van der Waals surface area (Å²) in [7, 11) is 0. The molecule has 0 aliphatic rings. The van der Waals surface area contributed by atoms with Gasteiger partial charge in [0.2, 0.25) is 5.88 Å². The van der Waals surface area contributed by atoms with E-state index >= 15 is 0 Å². The Hall–Kier alpha value is -2.69. The van der Waals surface area contributed by atoms with Crippen LogP contribution in [0, 0.1) is 0 Å². The fraction of sp³-hybridized carbons (Fsp3) is 0.0500. The van der Waals surface area contributed by atoms with Gasteiger partial charge in [-0.1, -0.05) is 65.7 Å². The molecule has 4 aromatic rings. The number of imidazole rings is 1. The lowest BCUT2D eigenvalue weighted by atomic mass is 10.0. The molecule has 2 N–H and O–H groups in total. The van der Waals surface area contributed by atoms with Gasteiger partial charge in [0.25, 0.3) is 0 Å². The number of hydrogen-bond acceptors (Lipinski definition) is 2. The Morgan fingerprint density at radius 3 is 2.35 bits per heavy atom. The zero-order chi connectivity index (χ0) is 18.3. The van der Waals surface area contributed by atoms with Crippen molar-refractivity contribution in [3.8, 4) is 11.6 Å². The molecule has 3 aromatic carbocycles. The minimum Gasteiger partial charge on any atom is -0.493 e. The van der Waals surface area contributed by atoms with Gasteiger partial charge >= 0.3 is 5.69 Å². The number of nitrogens with one attached hydrogen (secondary N) is 1. The number of halogens is 2. The second kappa shape index (κ2) is 6.56. The van der Waals surface area contributed by atoms with Crippen molar-refractivity contribution in [1.29, 1.82) is 0 Å². The van der Waals surface area contributed by atoms with Crippen LogP contribution in [0.2, 0.25) is 10.0 Å². The highest BCUT2D eigenvalue weighted by atomic mass is 35.5. The Bertz CT molecular complexity index is 1160. The quantitative estimate of drug-likeness (QED) is 0.526. The van der Waals surface area contributed by atoms with Crippen LogP contribution in [0.15, 0.2) is 65.5 Å². The molecule has 0 aliphatic carbocycles. The van der Waals surface area contributed by atoms with E-state index in [-0.39, 0.29) is 5.88 Å². The minimum absolute atomic E-state index is 0.151. The van der Waals surface area contributed by atoms with Gasteiger partial charge in [-0.25, -0.2) is 9.36 Å². The molecule has 0 saturated carbocycles. The summed E-state index contributed by atoms with van der Waals surface area (Å²) in [4.78, 5) is 15.1. The summed E-state index contributed by atoms with van der Waals surface area (Å²) in [5.41, 5.74) is 1.38. The molecule has 0 radical (unpaired) electrons. The Morgan fingerprint density at radius 1 is 0.923 bits per heavy atom. The Morgan fingerprint density at radius 2 is 1.62 bits per heavy atom. The van der Waals surface area contributed by atoms with E-state index in [0.717, 1.165) is 20.9 Å². The second-order valence-electron chi connectivity index (χ2n) is 6.05. The van der Waals surface area contributed by atoms with E-state index in [1.165, 1.54) is 0 Å². The van der Waals surface area contributed by atoms with Crippen LogP contribution in [0.5, 0.6) is 5.88 Å². The third-order valence-corrected chi connectivity index (χ3v) is 4.68. The topological polar surface area (TPSA) is 58.0 Å². The van der Waals surface area contributed by atoms with Crippen molar-refractivity contribution in [3.63, 3.8) is 0 Å². The molecule has 0 amide bonds. The average molecular weight is 385 g/mol. The van der Waals surface area contributed by atoms with Crippen LogP contribution in [-0.2, 0) is 6.42 Å². The number of fused-ring (bicyclic) bond motifs is 1. The summed E-state index contributed by atoms with van der Waals surface area (Å²) in [6.07, 6.45) is 0.396. The maximum Gasteiger partial charge on any atom is 0.333 e. The monoisotopic (exact) mass is 384 g/mol. The number of H-pyrrole nitrogens is 1. The average Bonchev–Trinajstić information content (AvgIpc) is 2.87. The van der Waals surface area contributed by atoms with E-state index in [1.54, 1.807) is 18.2 Å². The predicted octanol–water partition coefficient (Wildman–Crippen LogP) is 4.92. The first-order valence-electron chi connectivity index (χ1n) is 7.98. The first-order chi connectivity index (χ1) is 12.5. The number of hydrogen-bond donors (Lipinski definition) is 2. The highest BCUT2D eigenvalue weighted by Gasteiger charge is 2.16. The molecule has 0 bridgehead atoms. The zero-order valence-corrected chi connectivity index (χ0v) is 15.1. The van der Waals surface area contributed by atoms with Gasteiger partial charge < -0.3 is 10.1 Å². The van der Waals surface area contributed by atoms with Crippen molar-refractivity contribution in [2.45, 2.75) is 6.42 Å². The Kier molecular flexibility index (Phi) is 4.23. The van der Waals surface area contributed by atoms with Gasteiger partial charge in [-0.3, -0.25) is 0 Å². The summed E-state index contributed by atoms with van der Waals surface area (Å²) in [6.45, 7) is 0. The summed E-state index contributed by atoms with van der Waals surface area (Å²) >= 11 is 12.0. The van der Waals surface area contributed by atoms with Gasteiger partial charge in [0, 0.05) is 16.5 Å². The van der Waals surface area contributed by atoms with E-state index < -0.39 is 5.69 Å². The molecule has 4 rings (SSSR count). The van der Waals surface area contributed by atoms with Crippen LogP contribution in [0.3, 0.4) is 0 Å². The first-order valence-corrected chi connectivity index (χ1v) is 8.74. The molecule has 1 heterocycles. The van der Waals surface area contributed by atoms with Gasteiger partial charge in [-0.2, -0.15) is 0 Å². The van der Waals surface area contributed by atoms with Crippen molar-refractivity contribution < 1.29 is 5.11 Å². The largest absolute Gasteiger partial charge is 0.493 e. The van der Waals surface area contributed by atoms with Crippen LogP contribution in [0.1, 0.15) is 11.3 Å². The zero-order valence-electron chi connectivity index (χ0n) is 13.5. The summed E-state index contributed by atoms with van der Waals surface area (Å²) in [6, 6.07) is 18.8. The summed E-state index contributed by atoms with van der Waals surface area (Å²) in [5, 5.41) is 13.6. The Labute approximate surface area is 159 Å². The van der Waals surface area contributed by atoms with Crippen molar-refractivity contribution in [1.82, 2.24) is 9.55 Å². The molecule has 26 heavy (non-hydrogen) atoms. The van der Waals surface area contributed by atoms with Crippen LogP contribution < -0.4 is 5.69 Å². The van der Waals surface area contributed by atoms with Gasteiger partial charge in [-0.15, -0.1) is 0 Å². The van der Waals surface area contributed by atoms with Crippen LogP contribution in [-0.4, -0.2) is 14.7 Å². The normalized spacial score (nSPS) is 11.2. The molecule has 6 heteroatoms. The number of benzene rings is 3. The third kappa shape index (κ3) is 3.09. The smallest absolute Gasteiger partial charge is 0.333 e. The van der Waals surface area contributed by atoms with Gasteiger partial charge in [0.15, 0.2) is 0 Å². The molecule has 0 unspecified atom stereocenters. The predicted molar refractivity (Wildman–Crippen MR) is 105 cm³/mol. The SMILES string of the molecule is O=c1[nH]c(Cc2ccc3ccccc3c2)c(O)n1-c1cc(Cl)cc(Cl)c1. The second-order valence-corrected chi connectivity index (χ2v) is 6.93. The Balaban J connectivity index is 1.75. The van der Waals surface area contributed by atoms with E-state index in [9.17, 15) is 9.90 Å². The number of aromatic hydroxyl groups is 1. The standard InChI is InChI=1S/C20H14Cl2N2O2/c21-15-9-16(22)11-17(10-15)24-19(25)18(23-20(24)26)8-12-5-6-13-3-1-2-4-14(13)7-12/h1-7,9-11,25H,8H2,(H,23,26). The maximum atomic E-state index is 12.3. The number of nitrogens with zero attached hydrogens (tertiary/aromatic N) is 1. The lowest BCUT2D eigenvalue weighted by Crippen LogP contribution is -2.14. The van der Waals surface area contributed by atoms with E-state index in [0.29, 0.717) is 27.8 Å². The minimum atomic E-state index is -0.448. The fourth-order valence-electron chi connectivity index (χ4n) is 3.06. The lowest BCUT2D eigenvalue weighted by molar-refractivity contribution is 0.435. The molecule has 0 saturated heterocycles. The van der Waals surface area contributed by atoms with Crippen LogP contribution in [0.25, 0.3) is 16.5 Å². The number of rotatable bonds is 3. The molecule has 0 aliphatic heterocycles. The molecule has 4 nitrogen and oxygen atoms in total. The van der Waals surface area contributed by atoms with Gasteiger partial charge in [0.05, 0.1) is 11.4 Å². The molecule has 0 fully saturated rings. The van der Waals surface area contributed by atoms with E-state index in [1.807, 2.05) is 42.5 Å². The van der Waals surface area contributed by atoms with E-state index in [4.69, 9.17) is 23.2 Å². The molecular weight excluding hydrogens is 371 g/mol. The molecule has 1 aromatic heterocycles. The van der Waals surface area contributed by atoms with Crippen molar-refractivity contribution in [2.75, 3.05) is 0 Å². The lowest BCUT2D eigenvalue weighted by Gasteiger charge is -2.06. The highest BCUT2D eigenvalue weighted by molar-refractivity contribution is 6.34. The number of aromatic nitrogens is 2. The number of aromatic amines is 1. The summed E-state index contributed by atoms with van der Waals surface area (Å²) < 4.78 is 1.16. The fourth-order valence-corrected chi connectivity index (χ4v) is 3.57. The van der Waals surface area contributed by atoms with Crippen LogP contribution in [0.4, 0.5) is 0 Å². The van der Waals surface area contributed by atoms with Gasteiger partial charge in [0.1, 0.15) is 0 Å². The van der Waals surface area contributed by atoms with Crippen molar-refractivity contribution >= 4 is 34.0 Å². The van der Waals surface area contributed by atoms with Crippen LogP contribution >= 0.6 is 23.2 Å². The van der Waals surface area contributed by atoms with E-state index in [2.05, 4.69) is 4.98 Å². The molecule has 130 valence electrons.